The normalized spacial score (nSPS) is 16.2. The summed E-state index contributed by atoms with van der Waals surface area (Å²) in [6, 6.07) is 20.4. The van der Waals surface area contributed by atoms with Gasteiger partial charge in [0.2, 0.25) is 0 Å². The molecule has 2 aromatic carbocycles. The van der Waals surface area contributed by atoms with Crippen LogP contribution in [-0.4, -0.2) is 36.7 Å². The molecule has 1 heterocycles. The molecule has 2 aromatic rings. The van der Waals surface area contributed by atoms with Crippen LogP contribution in [0, 0.1) is 0 Å². The van der Waals surface area contributed by atoms with E-state index in [1.165, 1.54) is 11.1 Å². The number of rotatable bonds is 9. The number of hydrogen-bond donors (Lipinski definition) is 0. The Hall–Kier alpha value is -2.01. The molecule has 0 amide bonds. The molecular weight excluding hydrogens is 314 g/mol. The topological polar surface area (TPSA) is 38.8 Å². The third-order valence-corrected chi connectivity index (χ3v) is 4.47. The predicted molar refractivity (Wildman–Crippen MR) is 96.9 cm³/mol. The van der Waals surface area contributed by atoms with Crippen molar-refractivity contribution in [1.82, 2.24) is 4.90 Å². The van der Waals surface area contributed by atoms with Gasteiger partial charge in [-0.25, -0.2) is 0 Å². The molecule has 0 bridgehead atoms. The SMILES string of the molecule is O=C[C@H](CCC1OCCO1)N(Cc1ccccc1)Cc1ccccc1. The average molecular weight is 339 g/mol. The van der Waals surface area contributed by atoms with Crippen molar-refractivity contribution in [3.8, 4) is 0 Å². The molecule has 0 aromatic heterocycles. The molecule has 0 spiro atoms. The van der Waals surface area contributed by atoms with E-state index in [0.29, 0.717) is 13.2 Å². The maximum atomic E-state index is 11.8. The van der Waals surface area contributed by atoms with E-state index in [2.05, 4.69) is 29.2 Å². The van der Waals surface area contributed by atoms with Crippen molar-refractivity contribution in [3.63, 3.8) is 0 Å². The molecule has 1 aliphatic rings. The number of hydrogen-bond acceptors (Lipinski definition) is 4. The molecule has 0 N–H and O–H groups in total. The first-order chi connectivity index (χ1) is 12.3. The van der Waals surface area contributed by atoms with Crippen LogP contribution in [0.3, 0.4) is 0 Å². The molecule has 4 nitrogen and oxygen atoms in total. The summed E-state index contributed by atoms with van der Waals surface area (Å²) in [6.45, 7) is 2.78. The van der Waals surface area contributed by atoms with Gasteiger partial charge < -0.3 is 14.3 Å². The Morgan fingerprint density at radius 1 is 0.920 bits per heavy atom. The third-order valence-electron chi connectivity index (χ3n) is 4.47. The molecule has 0 saturated carbocycles. The van der Waals surface area contributed by atoms with E-state index in [-0.39, 0.29) is 12.3 Å². The largest absolute Gasteiger partial charge is 0.350 e. The van der Waals surface area contributed by atoms with Gasteiger partial charge in [0.25, 0.3) is 0 Å². The van der Waals surface area contributed by atoms with Crippen molar-refractivity contribution in [2.24, 2.45) is 0 Å². The van der Waals surface area contributed by atoms with Crippen LogP contribution in [0.15, 0.2) is 60.7 Å². The Bertz CT molecular complexity index is 585. The number of benzene rings is 2. The molecule has 132 valence electrons. The number of nitrogens with zero attached hydrogens (tertiary/aromatic N) is 1. The molecule has 25 heavy (non-hydrogen) atoms. The number of carbonyl (C=O) groups excluding carboxylic acids is 1. The summed E-state index contributed by atoms with van der Waals surface area (Å²) in [5.74, 6) is 0. The Kier molecular flexibility index (Phi) is 6.74. The Labute approximate surface area is 149 Å². The van der Waals surface area contributed by atoms with Crippen molar-refractivity contribution in [1.29, 1.82) is 0 Å². The van der Waals surface area contributed by atoms with Gasteiger partial charge in [0.1, 0.15) is 6.29 Å². The highest BCUT2D eigenvalue weighted by molar-refractivity contribution is 5.57. The van der Waals surface area contributed by atoms with E-state index in [9.17, 15) is 4.79 Å². The summed E-state index contributed by atoms with van der Waals surface area (Å²) in [6.07, 6.45) is 2.36. The van der Waals surface area contributed by atoms with E-state index in [0.717, 1.165) is 32.2 Å². The summed E-state index contributed by atoms with van der Waals surface area (Å²) < 4.78 is 11.0. The van der Waals surface area contributed by atoms with Gasteiger partial charge in [0, 0.05) is 19.5 Å². The molecule has 4 heteroatoms. The van der Waals surface area contributed by atoms with E-state index in [1.54, 1.807) is 0 Å². The van der Waals surface area contributed by atoms with E-state index in [4.69, 9.17) is 9.47 Å². The van der Waals surface area contributed by atoms with Crippen LogP contribution in [0.5, 0.6) is 0 Å². The van der Waals surface area contributed by atoms with E-state index >= 15 is 0 Å². The minimum absolute atomic E-state index is 0.159. The van der Waals surface area contributed by atoms with Crippen molar-refractivity contribution in [2.75, 3.05) is 13.2 Å². The molecule has 1 fully saturated rings. The highest BCUT2D eigenvalue weighted by Crippen LogP contribution is 2.18. The van der Waals surface area contributed by atoms with Crippen LogP contribution in [0.25, 0.3) is 0 Å². The lowest BCUT2D eigenvalue weighted by molar-refractivity contribution is -0.114. The maximum absolute atomic E-state index is 11.8. The first-order valence-corrected chi connectivity index (χ1v) is 8.85. The minimum Gasteiger partial charge on any atom is -0.350 e. The second-order valence-electron chi connectivity index (χ2n) is 6.33. The molecule has 0 radical (unpaired) electrons. The summed E-state index contributed by atoms with van der Waals surface area (Å²) in [5, 5.41) is 0. The van der Waals surface area contributed by atoms with Gasteiger partial charge in [-0.3, -0.25) is 4.90 Å². The highest BCUT2D eigenvalue weighted by atomic mass is 16.7. The maximum Gasteiger partial charge on any atom is 0.157 e. The van der Waals surface area contributed by atoms with Crippen molar-refractivity contribution >= 4 is 6.29 Å². The predicted octanol–water partition coefficient (Wildman–Crippen LogP) is 3.41. The van der Waals surface area contributed by atoms with Gasteiger partial charge in [0.15, 0.2) is 6.29 Å². The van der Waals surface area contributed by atoms with Crippen molar-refractivity contribution < 1.29 is 14.3 Å². The van der Waals surface area contributed by atoms with Crippen LogP contribution < -0.4 is 0 Å². The van der Waals surface area contributed by atoms with Crippen LogP contribution in [-0.2, 0) is 27.4 Å². The van der Waals surface area contributed by atoms with E-state index < -0.39 is 0 Å². The van der Waals surface area contributed by atoms with Crippen LogP contribution in [0.4, 0.5) is 0 Å². The monoisotopic (exact) mass is 339 g/mol. The lowest BCUT2D eigenvalue weighted by atomic mass is 10.1. The number of ether oxygens (including phenoxy) is 2. The fourth-order valence-corrected chi connectivity index (χ4v) is 3.14. The van der Waals surface area contributed by atoms with Crippen LogP contribution in [0.2, 0.25) is 0 Å². The zero-order valence-corrected chi connectivity index (χ0v) is 14.4. The lowest BCUT2D eigenvalue weighted by Gasteiger charge is -2.29. The van der Waals surface area contributed by atoms with Crippen LogP contribution in [0.1, 0.15) is 24.0 Å². The minimum atomic E-state index is -0.169. The third kappa shape index (κ3) is 5.49. The number of aldehydes is 1. The molecule has 0 unspecified atom stereocenters. The first-order valence-electron chi connectivity index (χ1n) is 8.85. The Morgan fingerprint density at radius 2 is 1.44 bits per heavy atom. The van der Waals surface area contributed by atoms with Gasteiger partial charge >= 0.3 is 0 Å². The lowest BCUT2D eigenvalue weighted by Crippen LogP contribution is -2.36. The molecule has 0 aliphatic carbocycles. The zero-order chi connectivity index (χ0) is 17.3. The molecule has 1 atom stereocenters. The summed E-state index contributed by atoms with van der Waals surface area (Å²) in [4.78, 5) is 14.0. The zero-order valence-electron chi connectivity index (χ0n) is 14.4. The summed E-state index contributed by atoms with van der Waals surface area (Å²) in [5.41, 5.74) is 2.41. The molecule has 1 saturated heterocycles. The van der Waals surface area contributed by atoms with Gasteiger partial charge in [-0.15, -0.1) is 0 Å². The number of carbonyl (C=O) groups is 1. The Balaban J connectivity index is 1.69. The van der Waals surface area contributed by atoms with Gasteiger partial charge in [-0.1, -0.05) is 60.7 Å². The molecule has 3 rings (SSSR count). The van der Waals surface area contributed by atoms with Crippen molar-refractivity contribution in [3.05, 3.63) is 71.8 Å². The second-order valence-corrected chi connectivity index (χ2v) is 6.33. The smallest absolute Gasteiger partial charge is 0.157 e. The second kappa shape index (κ2) is 9.47. The molecule has 1 aliphatic heterocycles. The van der Waals surface area contributed by atoms with E-state index in [1.807, 2.05) is 36.4 Å². The highest BCUT2D eigenvalue weighted by Gasteiger charge is 2.22. The Morgan fingerprint density at radius 3 is 1.92 bits per heavy atom. The van der Waals surface area contributed by atoms with Gasteiger partial charge in [-0.05, 0) is 17.5 Å². The summed E-state index contributed by atoms with van der Waals surface area (Å²) in [7, 11) is 0. The van der Waals surface area contributed by atoms with Gasteiger partial charge in [-0.2, -0.15) is 0 Å². The first kappa shape index (κ1) is 17.8. The summed E-state index contributed by atoms with van der Waals surface area (Å²) >= 11 is 0. The molecular formula is C21H25NO3. The fraction of sp³-hybridized carbons (Fsp3) is 0.381. The van der Waals surface area contributed by atoms with Crippen LogP contribution >= 0.6 is 0 Å². The fourth-order valence-electron chi connectivity index (χ4n) is 3.14. The quantitative estimate of drug-likeness (QED) is 0.656. The standard InChI is InChI=1S/C21H25NO3/c23-17-20(11-12-21-24-13-14-25-21)22(15-18-7-3-1-4-8-18)16-19-9-5-2-6-10-19/h1-10,17,20-21H,11-16H2/t20-/m0/s1. The average Bonchev–Trinajstić information content (AvgIpc) is 3.17. The van der Waals surface area contributed by atoms with Gasteiger partial charge in [0.05, 0.1) is 19.3 Å². The van der Waals surface area contributed by atoms with Crippen molar-refractivity contribution in [2.45, 2.75) is 38.3 Å².